The quantitative estimate of drug-likeness (QED) is 0.378. The summed E-state index contributed by atoms with van der Waals surface area (Å²) in [6.45, 7) is 0.124. The summed E-state index contributed by atoms with van der Waals surface area (Å²) in [4.78, 5) is 0. The number of ether oxygens (including phenoxy) is 2. The van der Waals surface area contributed by atoms with Gasteiger partial charge in [0.1, 0.15) is 0 Å². The fourth-order valence-electron chi connectivity index (χ4n) is 2.81. The maximum atomic E-state index is 14.4. The lowest BCUT2D eigenvalue weighted by molar-refractivity contribution is -0.270. The molecule has 2 aromatic rings. The predicted molar refractivity (Wildman–Crippen MR) is 74.3 cm³/mol. The zero-order valence-electron chi connectivity index (χ0n) is 14.1. The van der Waals surface area contributed by atoms with Crippen LogP contribution in [0.3, 0.4) is 0 Å². The van der Waals surface area contributed by atoms with Crippen LogP contribution in [0.1, 0.15) is 18.1 Å². The van der Waals surface area contributed by atoms with Gasteiger partial charge in [-0.3, -0.25) is 0 Å². The zero-order chi connectivity index (χ0) is 21.8. The average Bonchev–Trinajstić information content (AvgIpc) is 2.70. The van der Waals surface area contributed by atoms with Gasteiger partial charge in [-0.1, -0.05) is 6.92 Å². The highest BCUT2D eigenvalue weighted by Crippen LogP contribution is 2.45. The van der Waals surface area contributed by atoms with E-state index >= 15 is 0 Å². The highest BCUT2D eigenvalue weighted by Gasteiger charge is 2.52. The third kappa shape index (κ3) is 2.96. The first-order chi connectivity index (χ1) is 13.5. The van der Waals surface area contributed by atoms with Crippen LogP contribution in [0.4, 0.5) is 43.9 Å². The van der Waals surface area contributed by atoms with Crippen LogP contribution < -0.4 is 0 Å². The zero-order valence-corrected chi connectivity index (χ0v) is 14.1. The summed E-state index contributed by atoms with van der Waals surface area (Å²) in [5, 5.41) is 0. The number of rotatable bonds is 2. The molecule has 0 unspecified atom stereocenters. The molecule has 1 saturated heterocycles. The van der Waals surface area contributed by atoms with Crippen LogP contribution in [-0.4, -0.2) is 13.2 Å². The first kappa shape index (κ1) is 21.4. The van der Waals surface area contributed by atoms with Crippen LogP contribution >= 0.6 is 0 Å². The Labute approximate surface area is 155 Å². The van der Waals surface area contributed by atoms with Crippen molar-refractivity contribution in [1.82, 2.24) is 0 Å². The molecule has 158 valence electrons. The Balaban J connectivity index is 2.47. The first-order valence-electron chi connectivity index (χ1n) is 7.77. The van der Waals surface area contributed by atoms with E-state index in [9.17, 15) is 43.9 Å². The van der Waals surface area contributed by atoms with Crippen LogP contribution in [0.15, 0.2) is 0 Å². The molecule has 0 N–H and O–H groups in total. The van der Waals surface area contributed by atoms with Crippen LogP contribution in [0.5, 0.6) is 0 Å². The maximum Gasteiger partial charge on any atom is 0.234 e. The molecule has 29 heavy (non-hydrogen) atoms. The van der Waals surface area contributed by atoms with Gasteiger partial charge in [-0.25, -0.2) is 43.9 Å². The Morgan fingerprint density at radius 1 is 0.517 bits per heavy atom. The van der Waals surface area contributed by atoms with Crippen LogP contribution in [0, 0.1) is 64.1 Å². The Bertz CT molecular complexity index is 869. The first-order valence-corrected chi connectivity index (χ1v) is 7.77. The molecule has 1 aliphatic rings. The van der Waals surface area contributed by atoms with Crippen molar-refractivity contribution < 1.29 is 53.4 Å². The smallest absolute Gasteiger partial charge is 0.234 e. The molecule has 3 rings (SSSR count). The number of hydrogen-bond donors (Lipinski definition) is 0. The lowest BCUT2D eigenvalue weighted by Gasteiger charge is -2.40. The van der Waals surface area contributed by atoms with E-state index in [1.807, 2.05) is 0 Å². The number of halogens is 10. The van der Waals surface area contributed by atoms with Crippen molar-refractivity contribution in [3.05, 3.63) is 69.3 Å². The summed E-state index contributed by atoms with van der Waals surface area (Å²) < 4.78 is 149. The highest BCUT2D eigenvalue weighted by atomic mass is 19.2. The average molecular weight is 434 g/mol. The van der Waals surface area contributed by atoms with E-state index in [1.165, 1.54) is 6.92 Å². The van der Waals surface area contributed by atoms with Crippen LogP contribution in [-0.2, 0) is 15.3 Å². The summed E-state index contributed by atoms with van der Waals surface area (Å²) >= 11 is 0. The molecule has 2 nitrogen and oxygen atoms in total. The third-order valence-electron chi connectivity index (χ3n) is 4.22. The summed E-state index contributed by atoms with van der Waals surface area (Å²) in [7, 11) is 0. The maximum absolute atomic E-state index is 14.4. The number of benzene rings is 2. The minimum atomic E-state index is -3.64. The molecule has 0 aliphatic carbocycles. The van der Waals surface area contributed by atoms with Crippen molar-refractivity contribution in [2.75, 3.05) is 13.2 Å². The fraction of sp³-hybridized carbons (Fsp3) is 0.294. The number of hydrogen-bond acceptors (Lipinski definition) is 2. The van der Waals surface area contributed by atoms with Gasteiger partial charge in [-0.05, 0) is 0 Å². The van der Waals surface area contributed by atoms with Crippen molar-refractivity contribution in [2.24, 2.45) is 5.92 Å². The van der Waals surface area contributed by atoms with Gasteiger partial charge in [-0.15, -0.1) is 0 Å². The molecular weight excluding hydrogens is 426 g/mol. The fourth-order valence-corrected chi connectivity index (χ4v) is 2.81. The Hall–Kier alpha value is -2.34. The SMILES string of the molecule is CC1COC(c2c(F)c(F)c(F)c(F)c2F)(c2c(F)c(F)c(F)c(F)c2F)OC1. The second-order valence-corrected chi connectivity index (χ2v) is 6.23. The summed E-state index contributed by atoms with van der Waals surface area (Å²) in [6, 6.07) is 0. The van der Waals surface area contributed by atoms with Crippen LogP contribution in [0.25, 0.3) is 0 Å². The van der Waals surface area contributed by atoms with Crippen molar-refractivity contribution >= 4 is 0 Å². The summed E-state index contributed by atoms with van der Waals surface area (Å²) in [5.74, 6) is -30.1. The third-order valence-corrected chi connectivity index (χ3v) is 4.22. The molecule has 1 heterocycles. The molecule has 0 radical (unpaired) electrons. The molecular formula is C17H8F10O2. The molecule has 0 saturated carbocycles. The minimum absolute atomic E-state index is 0.620. The van der Waals surface area contributed by atoms with E-state index in [2.05, 4.69) is 0 Å². The Kier molecular flexibility index (Phi) is 5.28. The molecule has 0 atom stereocenters. The van der Waals surface area contributed by atoms with Gasteiger partial charge in [0.15, 0.2) is 46.5 Å². The van der Waals surface area contributed by atoms with Crippen molar-refractivity contribution in [3.63, 3.8) is 0 Å². The van der Waals surface area contributed by atoms with Crippen molar-refractivity contribution in [2.45, 2.75) is 12.7 Å². The van der Waals surface area contributed by atoms with E-state index < -0.39 is 94.2 Å². The molecule has 0 bridgehead atoms. The van der Waals surface area contributed by atoms with Gasteiger partial charge >= 0.3 is 0 Å². The van der Waals surface area contributed by atoms with E-state index in [1.54, 1.807) is 0 Å². The second-order valence-electron chi connectivity index (χ2n) is 6.23. The minimum Gasteiger partial charge on any atom is -0.341 e. The van der Waals surface area contributed by atoms with Gasteiger partial charge in [0, 0.05) is 5.92 Å². The van der Waals surface area contributed by atoms with Gasteiger partial charge in [0.25, 0.3) is 0 Å². The largest absolute Gasteiger partial charge is 0.341 e. The lowest BCUT2D eigenvalue weighted by atomic mass is 9.92. The van der Waals surface area contributed by atoms with E-state index in [4.69, 9.17) is 9.47 Å². The van der Waals surface area contributed by atoms with Crippen molar-refractivity contribution in [1.29, 1.82) is 0 Å². The van der Waals surface area contributed by atoms with E-state index in [0.717, 1.165) is 0 Å². The molecule has 12 heteroatoms. The second kappa shape index (κ2) is 7.17. The lowest BCUT2D eigenvalue weighted by Crippen LogP contribution is -2.45. The Morgan fingerprint density at radius 2 is 0.759 bits per heavy atom. The summed E-state index contributed by atoms with van der Waals surface area (Å²) in [5.41, 5.74) is -4.10. The predicted octanol–water partition coefficient (Wildman–Crippen LogP) is 4.96. The summed E-state index contributed by atoms with van der Waals surface area (Å²) in [6.07, 6.45) is 0. The highest BCUT2D eigenvalue weighted by molar-refractivity contribution is 5.40. The van der Waals surface area contributed by atoms with Gasteiger partial charge in [-0.2, -0.15) is 0 Å². The van der Waals surface area contributed by atoms with Gasteiger partial charge < -0.3 is 9.47 Å². The topological polar surface area (TPSA) is 18.5 Å². The van der Waals surface area contributed by atoms with Gasteiger partial charge in [0.05, 0.1) is 24.3 Å². The molecule has 1 fully saturated rings. The molecule has 0 spiro atoms. The standard InChI is InChI=1S/C17H8F10O2/c1-4-2-28-17(29-3-4,5-7(18)11(22)15(26)12(23)8(5)19)6-9(20)13(24)16(27)14(25)10(6)21/h4H,2-3H2,1H3. The molecule has 0 amide bonds. The molecule has 1 aliphatic heterocycles. The van der Waals surface area contributed by atoms with Crippen molar-refractivity contribution in [3.8, 4) is 0 Å². The monoisotopic (exact) mass is 434 g/mol. The van der Waals surface area contributed by atoms with E-state index in [-0.39, 0.29) is 0 Å². The normalized spacial score (nSPS) is 17.1. The van der Waals surface area contributed by atoms with Crippen LogP contribution in [0.2, 0.25) is 0 Å². The molecule has 2 aromatic carbocycles. The van der Waals surface area contributed by atoms with E-state index in [0.29, 0.717) is 0 Å². The Morgan fingerprint density at radius 3 is 1.03 bits per heavy atom. The molecule has 0 aromatic heterocycles. The van der Waals surface area contributed by atoms with Gasteiger partial charge in [0.2, 0.25) is 17.4 Å².